The summed E-state index contributed by atoms with van der Waals surface area (Å²) in [7, 11) is 3.22. The second-order valence-electron chi connectivity index (χ2n) is 10.2. The number of carbonyl (C=O) groups is 2. The minimum atomic E-state index is -0.152. The smallest absolute Gasteiger partial charge is 0.229 e. The average Bonchev–Trinajstić information content (AvgIpc) is 3.31. The Hall–Kier alpha value is -4.86. The summed E-state index contributed by atoms with van der Waals surface area (Å²) >= 11 is 0. The van der Waals surface area contributed by atoms with E-state index in [-0.39, 0.29) is 18.2 Å². The fourth-order valence-electron chi connectivity index (χ4n) is 4.59. The first-order chi connectivity index (χ1) is 20.9. The number of amides is 2. The maximum atomic E-state index is 12.1. The first-order valence-electron chi connectivity index (χ1n) is 14.4. The Labute approximate surface area is 253 Å². The van der Waals surface area contributed by atoms with Crippen LogP contribution in [0.25, 0.3) is 0 Å². The average molecular weight is 587 g/mol. The van der Waals surface area contributed by atoms with Crippen LogP contribution in [0, 0.1) is 5.92 Å². The van der Waals surface area contributed by atoms with Crippen LogP contribution in [0.15, 0.2) is 90.5 Å². The van der Waals surface area contributed by atoms with E-state index in [1.165, 1.54) is 25.7 Å². The van der Waals surface area contributed by atoms with E-state index >= 15 is 0 Å². The number of benzene rings is 2. The van der Waals surface area contributed by atoms with Gasteiger partial charge in [0.25, 0.3) is 0 Å². The van der Waals surface area contributed by atoms with Crippen LogP contribution >= 0.6 is 0 Å². The quantitative estimate of drug-likeness (QED) is 0.198. The van der Waals surface area contributed by atoms with Crippen molar-refractivity contribution in [1.82, 2.24) is 15.5 Å². The van der Waals surface area contributed by atoms with E-state index in [0.29, 0.717) is 24.0 Å². The Bertz CT molecular complexity index is 1330. The number of ether oxygens (including phenoxy) is 2. The molecule has 4 rings (SSSR count). The van der Waals surface area contributed by atoms with Crippen LogP contribution in [0.5, 0.6) is 11.5 Å². The summed E-state index contributed by atoms with van der Waals surface area (Å²) in [5.74, 6) is 2.46. The Balaban J connectivity index is 0.000000248. The molecule has 0 atom stereocenters. The lowest BCUT2D eigenvalue weighted by molar-refractivity contribution is -0.119. The molecule has 0 unspecified atom stereocenters. The number of hydrogen-bond donors (Lipinski definition) is 4. The molecule has 6 N–H and O–H groups in total. The SMILES string of the molecule is COc1ccc(CC(=O)N/C(N)=C/C=C(\N)C2CCCCCC2)cc1.COc1ccc(CC(=O)Nc2cccnn2)cc1. The lowest BCUT2D eigenvalue weighted by atomic mass is 9.96. The fourth-order valence-corrected chi connectivity index (χ4v) is 4.59. The van der Waals surface area contributed by atoms with Crippen LogP contribution in [-0.2, 0) is 22.4 Å². The van der Waals surface area contributed by atoms with Gasteiger partial charge in [0.1, 0.15) is 17.3 Å². The maximum absolute atomic E-state index is 12.1. The van der Waals surface area contributed by atoms with Gasteiger partial charge >= 0.3 is 0 Å². The van der Waals surface area contributed by atoms with Gasteiger partial charge < -0.3 is 31.6 Å². The molecule has 0 radical (unpaired) electrons. The largest absolute Gasteiger partial charge is 0.497 e. The van der Waals surface area contributed by atoms with Crippen LogP contribution in [0.2, 0.25) is 0 Å². The molecule has 1 heterocycles. The number of anilines is 1. The standard InChI is InChI=1S/C20H29N3O2.C13H13N3O2/c1-25-17-10-8-15(9-11-17)14-20(24)23-19(22)13-12-18(21)16-6-4-2-3-5-7-16;1-18-11-6-4-10(5-7-11)9-13(17)15-12-3-2-8-14-16-12/h8-13,16H,2-7,14,21-22H2,1H3,(H,23,24);2-8H,9H2,1H3,(H,15,16,17)/b18-12-,19-13+;. The molecule has 1 aliphatic carbocycles. The Kier molecular flexibility index (Phi) is 13.5. The van der Waals surface area contributed by atoms with Crippen LogP contribution in [0.3, 0.4) is 0 Å². The maximum Gasteiger partial charge on any atom is 0.229 e. The summed E-state index contributed by atoms with van der Waals surface area (Å²) < 4.78 is 10.2. The van der Waals surface area contributed by atoms with Gasteiger partial charge in [-0.15, -0.1) is 5.10 Å². The molecule has 10 nitrogen and oxygen atoms in total. The van der Waals surface area contributed by atoms with E-state index in [9.17, 15) is 9.59 Å². The van der Waals surface area contributed by atoms with E-state index in [2.05, 4.69) is 20.8 Å². The highest BCUT2D eigenvalue weighted by molar-refractivity contribution is 5.91. The zero-order valence-electron chi connectivity index (χ0n) is 24.9. The lowest BCUT2D eigenvalue weighted by Crippen LogP contribution is -2.28. The zero-order chi connectivity index (χ0) is 30.9. The molecule has 43 heavy (non-hydrogen) atoms. The van der Waals surface area contributed by atoms with E-state index in [0.717, 1.165) is 41.2 Å². The highest BCUT2D eigenvalue weighted by Crippen LogP contribution is 2.26. The highest BCUT2D eigenvalue weighted by Gasteiger charge is 2.14. The van der Waals surface area contributed by atoms with E-state index in [1.54, 1.807) is 38.6 Å². The molecule has 1 fully saturated rings. The topological polar surface area (TPSA) is 154 Å². The second kappa shape index (κ2) is 17.8. The number of nitrogens with two attached hydrogens (primary N) is 2. The molecule has 2 amide bonds. The molecule has 0 spiro atoms. The summed E-state index contributed by atoms with van der Waals surface area (Å²) in [6.45, 7) is 0. The monoisotopic (exact) mass is 586 g/mol. The molecule has 3 aromatic rings. The lowest BCUT2D eigenvalue weighted by Gasteiger charge is -2.14. The molecule has 1 aromatic heterocycles. The van der Waals surface area contributed by atoms with Crippen LogP contribution in [0.4, 0.5) is 5.82 Å². The molecule has 1 saturated carbocycles. The van der Waals surface area contributed by atoms with Gasteiger partial charge in [0, 0.05) is 11.9 Å². The van der Waals surface area contributed by atoms with Crippen LogP contribution in [0.1, 0.15) is 49.7 Å². The molecule has 0 saturated heterocycles. The number of hydrogen-bond acceptors (Lipinski definition) is 8. The van der Waals surface area contributed by atoms with Crippen molar-refractivity contribution in [2.24, 2.45) is 17.4 Å². The highest BCUT2D eigenvalue weighted by atomic mass is 16.5. The number of nitrogens with one attached hydrogen (secondary N) is 2. The summed E-state index contributed by atoms with van der Waals surface area (Å²) in [5, 5.41) is 12.8. The number of nitrogens with zero attached hydrogens (tertiary/aromatic N) is 2. The van der Waals surface area contributed by atoms with Gasteiger partial charge in [-0.2, -0.15) is 5.10 Å². The van der Waals surface area contributed by atoms with Crippen molar-refractivity contribution in [2.45, 2.75) is 51.4 Å². The van der Waals surface area contributed by atoms with E-state index in [1.807, 2.05) is 54.6 Å². The van der Waals surface area contributed by atoms with E-state index in [4.69, 9.17) is 20.9 Å². The van der Waals surface area contributed by atoms with Gasteiger partial charge in [0.05, 0.1) is 27.1 Å². The van der Waals surface area contributed by atoms with Gasteiger partial charge in [-0.05, 0) is 78.4 Å². The third-order valence-electron chi connectivity index (χ3n) is 6.95. The molecular formula is C33H42N6O4. The first-order valence-corrected chi connectivity index (χ1v) is 14.4. The molecule has 0 aliphatic heterocycles. The summed E-state index contributed by atoms with van der Waals surface area (Å²) in [4.78, 5) is 23.8. The molecular weight excluding hydrogens is 544 g/mol. The minimum absolute atomic E-state index is 0.124. The van der Waals surface area contributed by atoms with Crippen molar-refractivity contribution in [2.75, 3.05) is 19.5 Å². The van der Waals surface area contributed by atoms with Crippen molar-refractivity contribution < 1.29 is 19.1 Å². The molecule has 10 heteroatoms. The Morgan fingerprint density at radius 3 is 1.88 bits per heavy atom. The predicted molar refractivity (Wildman–Crippen MR) is 168 cm³/mol. The predicted octanol–water partition coefficient (Wildman–Crippen LogP) is 4.63. The normalized spacial score (nSPS) is 14.0. The molecule has 1 aliphatic rings. The van der Waals surface area contributed by atoms with Crippen LogP contribution < -0.4 is 31.6 Å². The van der Waals surface area contributed by atoms with Gasteiger partial charge in [0.15, 0.2) is 5.82 Å². The molecule has 2 aromatic carbocycles. The molecule has 228 valence electrons. The first kappa shape index (κ1) is 32.7. The van der Waals surface area contributed by atoms with Crippen LogP contribution in [-0.4, -0.2) is 36.2 Å². The zero-order valence-corrected chi connectivity index (χ0v) is 24.9. The number of aromatic nitrogens is 2. The van der Waals surface area contributed by atoms with Gasteiger partial charge in [-0.25, -0.2) is 0 Å². The molecule has 0 bridgehead atoms. The number of methoxy groups -OCH3 is 2. The third kappa shape index (κ3) is 12.3. The summed E-state index contributed by atoms with van der Waals surface area (Å²) in [6, 6.07) is 18.2. The van der Waals surface area contributed by atoms with Crippen molar-refractivity contribution in [3.05, 3.63) is 102 Å². The van der Waals surface area contributed by atoms with Gasteiger partial charge in [-0.3, -0.25) is 9.59 Å². The van der Waals surface area contributed by atoms with Crippen molar-refractivity contribution in [3.63, 3.8) is 0 Å². The van der Waals surface area contributed by atoms with Gasteiger partial charge in [-0.1, -0.05) is 49.9 Å². The number of rotatable bonds is 10. The Morgan fingerprint density at radius 1 is 0.814 bits per heavy atom. The van der Waals surface area contributed by atoms with Gasteiger partial charge in [0.2, 0.25) is 11.8 Å². The summed E-state index contributed by atoms with van der Waals surface area (Å²) in [5.41, 5.74) is 14.7. The van der Waals surface area contributed by atoms with Crippen molar-refractivity contribution in [3.8, 4) is 11.5 Å². The second-order valence-corrected chi connectivity index (χ2v) is 10.2. The summed E-state index contributed by atoms with van der Waals surface area (Å²) in [6.07, 6.45) is 13.0. The minimum Gasteiger partial charge on any atom is -0.497 e. The fraction of sp³-hybridized carbons (Fsp3) is 0.333. The third-order valence-corrected chi connectivity index (χ3v) is 6.95. The van der Waals surface area contributed by atoms with E-state index < -0.39 is 0 Å². The Morgan fingerprint density at radius 2 is 1.37 bits per heavy atom. The van der Waals surface area contributed by atoms with Crippen molar-refractivity contribution >= 4 is 17.6 Å². The number of allylic oxidation sites excluding steroid dienone is 3. The van der Waals surface area contributed by atoms with Crippen molar-refractivity contribution in [1.29, 1.82) is 0 Å². The number of carbonyl (C=O) groups excluding carboxylic acids is 2.